The van der Waals surface area contributed by atoms with Gasteiger partial charge in [0.1, 0.15) is 0 Å². The third-order valence-electron chi connectivity index (χ3n) is 0.519. The molecule has 0 spiro atoms. The zero-order chi connectivity index (χ0) is 5.54. The molecule has 0 fully saturated rings. The largest absolute Gasteiger partial charge is 0.0808 e. The molecule has 0 aliphatic heterocycles. The maximum absolute atomic E-state index is 5.04. The maximum Gasteiger partial charge on any atom is -0.0163 e. The lowest BCUT2D eigenvalue weighted by Crippen LogP contribution is -1.50. The predicted octanol–water partition coefficient (Wildman–Crippen LogP) is 1.91. The Morgan fingerprint density at radius 1 is 1.29 bits per heavy atom. The highest BCUT2D eigenvalue weighted by molar-refractivity contribution is 4.97. The van der Waals surface area contributed by atoms with Gasteiger partial charge in [-0.3, -0.25) is 0 Å². The van der Waals surface area contributed by atoms with Crippen molar-refractivity contribution in [2.24, 2.45) is 0 Å². The van der Waals surface area contributed by atoms with Crippen LogP contribution in [0.25, 0.3) is 0 Å². The first kappa shape index (κ1) is 6.22. The van der Waals surface area contributed by atoms with Crippen LogP contribution in [0.5, 0.6) is 0 Å². The SMILES string of the molecule is [CH]=CC=CCC=[CH]. The second-order valence-electron chi connectivity index (χ2n) is 1.09. The van der Waals surface area contributed by atoms with E-state index < -0.39 is 0 Å². The lowest BCUT2D eigenvalue weighted by Gasteiger charge is -1.71. The first-order valence-electron chi connectivity index (χ1n) is 2.15. The summed E-state index contributed by atoms with van der Waals surface area (Å²) in [6.45, 7) is 10.0. The van der Waals surface area contributed by atoms with E-state index in [1.54, 1.807) is 12.2 Å². The summed E-state index contributed by atoms with van der Waals surface area (Å²) in [5.74, 6) is 0. The molecule has 0 aliphatic carbocycles. The first-order valence-corrected chi connectivity index (χ1v) is 2.15. The Morgan fingerprint density at radius 3 is 2.43 bits per heavy atom. The Labute approximate surface area is 44.9 Å². The predicted molar refractivity (Wildman–Crippen MR) is 31.5 cm³/mol. The van der Waals surface area contributed by atoms with Gasteiger partial charge in [0.15, 0.2) is 0 Å². The molecule has 0 unspecified atom stereocenters. The highest BCUT2D eigenvalue weighted by atomic mass is 13.7. The Balaban J connectivity index is 3.08. The number of hydrogen-bond donors (Lipinski definition) is 0. The van der Waals surface area contributed by atoms with E-state index in [-0.39, 0.29) is 0 Å². The third-order valence-corrected chi connectivity index (χ3v) is 0.519. The minimum absolute atomic E-state index is 0.785. The van der Waals surface area contributed by atoms with E-state index in [4.69, 9.17) is 13.2 Å². The normalized spacial score (nSPS) is 9.14. The molecule has 36 valence electrons. The number of hydrogen-bond acceptors (Lipinski definition) is 0. The first-order chi connectivity index (χ1) is 3.41. The second-order valence-corrected chi connectivity index (χ2v) is 1.09. The van der Waals surface area contributed by atoms with Crippen LogP contribution in [0.15, 0.2) is 24.3 Å². The molecule has 0 saturated carbocycles. The number of allylic oxidation sites excluding steroid dienone is 4. The average molecular weight is 92.1 g/mol. The molecule has 2 radical (unpaired) electrons. The van der Waals surface area contributed by atoms with Gasteiger partial charge in [0.05, 0.1) is 0 Å². The standard InChI is InChI=1S/C7H8/c1-3-5-7-6-4-2/h1-5,7H,6H2. The smallest absolute Gasteiger partial charge is 0.0163 e. The van der Waals surface area contributed by atoms with Gasteiger partial charge in [-0.2, -0.15) is 0 Å². The summed E-state index contributed by atoms with van der Waals surface area (Å²) in [5, 5.41) is 0. The van der Waals surface area contributed by atoms with Gasteiger partial charge in [-0.15, -0.1) is 0 Å². The van der Waals surface area contributed by atoms with Crippen LogP contribution in [0.2, 0.25) is 0 Å². The molecular weight excluding hydrogens is 84.1 g/mol. The molecule has 0 aliphatic rings. The van der Waals surface area contributed by atoms with Crippen molar-refractivity contribution in [2.45, 2.75) is 6.42 Å². The van der Waals surface area contributed by atoms with Crippen LogP contribution in [0.3, 0.4) is 0 Å². The highest BCUT2D eigenvalue weighted by Crippen LogP contribution is 1.80. The van der Waals surface area contributed by atoms with Gasteiger partial charge in [0, 0.05) is 0 Å². The fourth-order valence-electron chi connectivity index (χ4n) is 0.236. The van der Waals surface area contributed by atoms with Crippen LogP contribution in [-0.2, 0) is 0 Å². The minimum atomic E-state index is 0.785. The molecule has 0 rings (SSSR count). The molecule has 0 amide bonds. The fourth-order valence-corrected chi connectivity index (χ4v) is 0.236. The van der Waals surface area contributed by atoms with Gasteiger partial charge in [0.25, 0.3) is 0 Å². The van der Waals surface area contributed by atoms with Crippen molar-refractivity contribution < 1.29 is 0 Å². The van der Waals surface area contributed by atoms with Gasteiger partial charge in [0.2, 0.25) is 0 Å². The van der Waals surface area contributed by atoms with Crippen LogP contribution >= 0.6 is 0 Å². The summed E-state index contributed by atoms with van der Waals surface area (Å²) in [6.07, 6.45) is 7.46. The zero-order valence-electron chi connectivity index (χ0n) is 4.17. The summed E-state index contributed by atoms with van der Waals surface area (Å²) >= 11 is 0. The van der Waals surface area contributed by atoms with Crippen molar-refractivity contribution >= 4 is 0 Å². The van der Waals surface area contributed by atoms with Crippen molar-refractivity contribution in [3.8, 4) is 0 Å². The van der Waals surface area contributed by atoms with E-state index in [1.165, 1.54) is 6.08 Å². The van der Waals surface area contributed by atoms with Gasteiger partial charge in [-0.25, -0.2) is 0 Å². The molecule has 0 aromatic heterocycles. The Hall–Kier alpha value is -0.780. The van der Waals surface area contributed by atoms with E-state index in [0.717, 1.165) is 6.42 Å². The van der Waals surface area contributed by atoms with Crippen molar-refractivity contribution in [1.29, 1.82) is 0 Å². The van der Waals surface area contributed by atoms with Crippen LogP contribution < -0.4 is 0 Å². The van der Waals surface area contributed by atoms with E-state index in [9.17, 15) is 0 Å². The molecular formula is C7H8. The highest BCUT2D eigenvalue weighted by Gasteiger charge is 1.60. The van der Waals surface area contributed by atoms with Crippen molar-refractivity contribution in [1.82, 2.24) is 0 Å². The maximum atomic E-state index is 5.04. The lowest BCUT2D eigenvalue weighted by molar-refractivity contribution is 1.40. The average Bonchev–Trinajstić information content (AvgIpc) is 1.69. The minimum Gasteiger partial charge on any atom is -0.0808 e. The summed E-state index contributed by atoms with van der Waals surface area (Å²) < 4.78 is 0. The topological polar surface area (TPSA) is 0 Å². The third kappa shape index (κ3) is 5.22. The van der Waals surface area contributed by atoms with E-state index in [1.807, 2.05) is 6.08 Å². The molecule has 0 aromatic rings. The molecule has 0 bridgehead atoms. The Bertz CT molecular complexity index is 78.0. The molecule has 0 saturated heterocycles. The molecule has 0 aromatic carbocycles. The molecule has 0 nitrogen and oxygen atoms in total. The molecule has 0 heteroatoms. The molecule has 0 atom stereocenters. The zero-order valence-corrected chi connectivity index (χ0v) is 4.17. The summed E-state index contributed by atoms with van der Waals surface area (Å²) in [6, 6.07) is 0. The quantitative estimate of drug-likeness (QED) is 0.466. The Kier molecular flexibility index (Phi) is 4.64. The molecule has 0 heterocycles. The fraction of sp³-hybridized carbons (Fsp3) is 0.143. The van der Waals surface area contributed by atoms with E-state index >= 15 is 0 Å². The van der Waals surface area contributed by atoms with Crippen LogP contribution in [-0.4, -0.2) is 0 Å². The molecule has 7 heavy (non-hydrogen) atoms. The van der Waals surface area contributed by atoms with Gasteiger partial charge in [-0.05, 0) is 6.42 Å². The monoisotopic (exact) mass is 92.1 g/mol. The van der Waals surface area contributed by atoms with Gasteiger partial charge >= 0.3 is 0 Å². The number of rotatable bonds is 3. The lowest BCUT2D eigenvalue weighted by atomic mass is 10.4. The second kappa shape index (κ2) is 5.22. The van der Waals surface area contributed by atoms with Crippen LogP contribution in [0.1, 0.15) is 6.42 Å². The summed E-state index contributed by atoms with van der Waals surface area (Å²) in [4.78, 5) is 0. The van der Waals surface area contributed by atoms with Crippen molar-refractivity contribution in [2.75, 3.05) is 0 Å². The Morgan fingerprint density at radius 2 is 2.00 bits per heavy atom. The summed E-state index contributed by atoms with van der Waals surface area (Å²) in [5.41, 5.74) is 0. The van der Waals surface area contributed by atoms with E-state index in [2.05, 4.69) is 0 Å². The van der Waals surface area contributed by atoms with Crippen molar-refractivity contribution in [3.63, 3.8) is 0 Å². The van der Waals surface area contributed by atoms with Crippen LogP contribution in [0.4, 0.5) is 0 Å². The van der Waals surface area contributed by atoms with Crippen LogP contribution in [0, 0.1) is 13.2 Å². The molecule has 0 N–H and O–H groups in total. The van der Waals surface area contributed by atoms with E-state index in [0.29, 0.717) is 0 Å². The summed E-state index contributed by atoms with van der Waals surface area (Å²) in [7, 11) is 0. The van der Waals surface area contributed by atoms with Gasteiger partial charge in [-0.1, -0.05) is 37.5 Å². The van der Waals surface area contributed by atoms with Crippen molar-refractivity contribution in [3.05, 3.63) is 37.5 Å². The van der Waals surface area contributed by atoms with Gasteiger partial charge < -0.3 is 0 Å².